The number of rotatable bonds is 0. The van der Waals surface area contributed by atoms with E-state index >= 15 is 0 Å². The molecular weight excluding hydrogens is 138 g/mol. The first kappa shape index (κ1) is 7.56. The number of likely N-dealkylation sites (N-methyl/N-ethyl adjacent to an activating group) is 1. The van der Waals surface area contributed by atoms with Gasteiger partial charge in [-0.1, -0.05) is 6.42 Å². The first-order chi connectivity index (χ1) is 5.31. The Morgan fingerprint density at radius 3 is 2.82 bits per heavy atom. The Labute approximate surface area is 68.5 Å². The number of hydrogen-bond donors (Lipinski definition) is 0. The lowest BCUT2D eigenvalue weighted by molar-refractivity contribution is 0.0119. The second-order valence-electron chi connectivity index (χ2n) is 4.14. The SMILES string of the molecule is CN1CCOCC2(CCC2)C1. The normalized spacial score (nSPS) is 31.4. The van der Waals surface area contributed by atoms with E-state index in [1.165, 1.54) is 25.8 Å². The standard InChI is InChI=1S/C9H17NO/c1-10-5-6-11-8-9(7-10)3-2-4-9/h2-8H2,1H3. The molecule has 0 bridgehead atoms. The summed E-state index contributed by atoms with van der Waals surface area (Å²) >= 11 is 0. The Balaban J connectivity index is 1.97. The van der Waals surface area contributed by atoms with Crippen molar-refractivity contribution in [3.63, 3.8) is 0 Å². The van der Waals surface area contributed by atoms with Crippen molar-refractivity contribution in [1.29, 1.82) is 0 Å². The molecule has 11 heavy (non-hydrogen) atoms. The molecule has 2 fully saturated rings. The molecule has 0 aromatic heterocycles. The van der Waals surface area contributed by atoms with Crippen LogP contribution in [0.2, 0.25) is 0 Å². The van der Waals surface area contributed by atoms with Crippen LogP contribution >= 0.6 is 0 Å². The van der Waals surface area contributed by atoms with Crippen LogP contribution in [0.3, 0.4) is 0 Å². The molecule has 0 aromatic rings. The van der Waals surface area contributed by atoms with Crippen molar-refractivity contribution in [1.82, 2.24) is 4.90 Å². The van der Waals surface area contributed by atoms with Crippen LogP contribution < -0.4 is 0 Å². The minimum Gasteiger partial charge on any atom is -0.379 e. The molecule has 2 nitrogen and oxygen atoms in total. The smallest absolute Gasteiger partial charge is 0.0593 e. The second-order valence-corrected chi connectivity index (χ2v) is 4.14. The molecule has 1 saturated carbocycles. The van der Waals surface area contributed by atoms with Gasteiger partial charge in [-0.15, -0.1) is 0 Å². The fraction of sp³-hybridized carbons (Fsp3) is 1.00. The Kier molecular flexibility index (Phi) is 1.90. The second kappa shape index (κ2) is 2.76. The largest absolute Gasteiger partial charge is 0.379 e. The summed E-state index contributed by atoms with van der Waals surface area (Å²) in [5.74, 6) is 0. The lowest BCUT2D eigenvalue weighted by atomic mass is 9.69. The Hall–Kier alpha value is -0.0800. The van der Waals surface area contributed by atoms with Gasteiger partial charge in [-0.25, -0.2) is 0 Å². The minimum atomic E-state index is 0.561. The zero-order chi connectivity index (χ0) is 7.73. The maximum atomic E-state index is 5.58. The molecule has 1 aliphatic heterocycles. The highest BCUT2D eigenvalue weighted by molar-refractivity contribution is 4.90. The highest BCUT2D eigenvalue weighted by Crippen LogP contribution is 2.42. The summed E-state index contributed by atoms with van der Waals surface area (Å²) in [6.45, 7) is 4.31. The molecule has 1 heterocycles. The number of ether oxygens (including phenoxy) is 1. The molecule has 0 unspecified atom stereocenters. The van der Waals surface area contributed by atoms with Crippen molar-refractivity contribution in [2.75, 3.05) is 33.4 Å². The van der Waals surface area contributed by atoms with E-state index in [9.17, 15) is 0 Å². The van der Waals surface area contributed by atoms with Gasteiger partial charge in [-0.05, 0) is 19.9 Å². The van der Waals surface area contributed by atoms with Crippen molar-refractivity contribution >= 4 is 0 Å². The van der Waals surface area contributed by atoms with Crippen LogP contribution in [0.5, 0.6) is 0 Å². The molecule has 64 valence electrons. The molecule has 0 N–H and O–H groups in total. The summed E-state index contributed by atoms with van der Waals surface area (Å²) in [7, 11) is 2.20. The van der Waals surface area contributed by atoms with Gasteiger partial charge in [0.05, 0.1) is 13.2 Å². The monoisotopic (exact) mass is 155 g/mol. The molecule has 1 aliphatic carbocycles. The fourth-order valence-corrected chi connectivity index (χ4v) is 2.19. The van der Waals surface area contributed by atoms with Gasteiger partial charge in [0.1, 0.15) is 0 Å². The van der Waals surface area contributed by atoms with Gasteiger partial charge in [-0.2, -0.15) is 0 Å². The molecular formula is C9H17NO. The first-order valence-corrected chi connectivity index (χ1v) is 4.57. The van der Waals surface area contributed by atoms with E-state index in [4.69, 9.17) is 4.74 Å². The molecule has 0 radical (unpaired) electrons. The molecule has 2 aliphatic rings. The van der Waals surface area contributed by atoms with E-state index in [2.05, 4.69) is 11.9 Å². The minimum absolute atomic E-state index is 0.561. The summed E-state index contributed by atoms with van der Waals surface area (Å²) in [6.07, 6.45) is 4.19. The first-order valence-electron chi connectivity index (χ1n) is 4.57. The molecule has 2 heteroatoms. The van der Waals surface area contributed by atoms with Gasteiger partial charge in [0.15, 0.2) is 0 Å². The third-order valence-corrected chi connectivity index (χ3v) is 3.05. The highest BCUT2D eigenvalue weighted by atomic mass is 16.5. The van der Waals surface area contributed by atoms with Crippen molar-refractivity contribution in [3.05, 3.63) is 0 Å². The fourth-order valence-electron chi connectivity index (χ4n) is 2.19. The van der Waals surface area contributed by atoms with E-state index in [0.29, 0.717) is 5.41 Å². The van der Waals surface area contributed by atoms with Crippen LogP contribution in [0.25, 0.3) is 0 Å². The Morgan fingerprint density at radius 1 is 1.36 bits per heavy atom. The Bertz CT molecular complexity index is 142. The van der Waals surface area contributed by atoms with Crippen molar-refractivity contribution in [3.8, 4) is 0 Å². The van der Waals surface area contributed by atoms with E-state index in [-0.39, 0.29) is 0 Å². The highest BCUT2D eigenvalue weighted by Gasteiger charge is 2.39. The molecule has 0 aromatic carbocycles. The third-order valence-electron chi connectivity index (χ3n) is 3.05. The number of hydrogen-bond acceptors (Lipinski definition) is 2. The summed E-state index contributed by atoms with van der Waals surface area (Å²) in [5.41, 5.74) is 0.561. The zero-order valence-electron chi connectivity index (χ0n) is 7.31. The van der Waals surface area contributed by atoms with Crippen molar-refractivity contribution in [2.24, 2.45) is 5.41 Å². The maximum Gasteiger partial charge on any atom is 0.0593 e. The van der Waals surface area contributed by atoms with Crippen LogP contribution in [0, 0.1) is 5.41 Å². The van der Waals surface area contributed by atoms with Crippen molar-refractivity contribution in [2.45, 2.75) is 19.3 Å². The van der Waals surface area contributed by atoms with Gasteiger partial charge in [0, 0.05) is 18.5 Å². The quantitative estimate of drug-likeness (QED) is 0.520. The van der Waals surface area contributed by atoms with Crippen LogP contribution in [0.15, 0.2) is 0 Å². The van der Waals surface area contributed by atoms with Gasteiger partial charge in [0.25, 0.3) is 0 Å². The van der Waals surface area contributed by atoms with Gasteiger partial charge < -0.3 is 9.64 Å². The van der Waals surface area contributed by atoms with Gasteiger partial charge in [-0.3, -0.25) is 0 Å². The molecule has 0 amide bonds. The van der Waals surface area contributed by atoms with Crippen LogP contribution in [-0.4, -0.2) is 38.3 Å². The molecule has 1 spiro atoms. The van der Waals surface area contributed by atoms with Crippen molar-refractivity contribution < 1.29 is 4.74 Å². The van der Waals surface area contributed by atoms with Gasteiger partial charge in [0.2, 0.25) is 0 Å². The van der Waals surface area contributed by atoms with Gasteiger partial charge >= 0.3 is 0 Å². The summed E-state index contributed by atoms with van der Waals surface area (Å²) in [6, 6.07) is 0. The Morgan fingerprint density at radius 2 is 2.18 bits per heavy atom. The van der Waals surface area contributed by atoms with E-state index in [1.807, 2.05) is 0 Å². The van der Waals surface area contributed by atoms with E-state index in [0.717, 1.165) is 19.8 Å². The van der Waals surface area contributed by atoms with E-state index < -0.39 is 0 Å². The lowest BCUT2D eigenvalue weighted by Crippen LogP contribution is -2.41. The topological polar surface area (TPSA) is 12.5 Å². The summed E-state index contributed by atoms with van der Waals surface area (Å²) in [4.78, 5) is 2.41. The zero-order valence-corrected chi connectivity index (χ0v) is 7.31. The molecule has 2 rings (SSSR count). The molecule has 0 atom stereocenters. The van der Waals surface area contributed by atoms with E-state index in [1.54, 1.807) is 0 Å². The van der Waals surface area contributed by atoms with Crippen LogP contribution in [0.4, 0.5) is 0 Å². The number of nitrogens with zero attached hydrogens (tertiary/aromatic N) is 1. The summed E-state index contributed by atoms with van der Waals surface area (Å²) < 4.78 is 5.58. The lowest BCUT2D eigenvalue weighted by Gasteiger charge is -2.42. The van der Waals surface area contributed by atoms with Crippen LogP contribution in [0.1, 0.15) is 19.3 Å². The maximum absolute atomic E-state index is 5.58. The average molecular weight is 155 g/mol. The molecule has 1 saturated heterocycles. The third kappa shape index (κ3) is 1.42. The van der Waals surface area contributed by atoms with Crippen LogP contribution in [-0.2, 0) is 4.74 Å². The predicted molar refractivity (Wildman–Crippen MR) is 44.6 cm³/mol. The average Bonchev–Trinajstić information content (AvgIpc) is 2.09. The predicted octanol–water partition coefficient (Wildman–Crippen LogP) is 1.12. The summed E-state index contributed by atoms with van der Waals surface area (Å²) in [5, 5.41) is 0.